The fraction of sp³-hybridized carbons (Fsp3) is 0.438. The Morgan fingerprint density at radius 1 is 1.19 bits per heavy atom. The Kier molecular flexibility index (Phi) is 7.43. The summed E-state index contributed by atoms with van der Waals surface area (Å²) in [6.07, 6.45) is 3.02. The van der Waals surface area contributed by atoms with Gasteiger partial charge in [0.05, 0.1) is 6.20 Å². The minimum Gasteiger partial charge on any atom is -0.329 e. The lowest BCUT2D eigenvalue weighted by molar-refractivity contribution is 0.276. The van der Waals surface area contributed by atoms with Gasteiger partial charge in [-0.1, -0.05) is 30.3 Å². The molecule has 0 saturated heterocycles. The number of hydrogen-bond donors (Lipinski definition) is 1. The summed E-state index contributed by atoms with van der Waals surface area (Å²) in [6, 6.07) is 10.6. The first-order valence-electron chi connectivity index (χ1n) is 7.14. The van der Waals surface area contributed by atoms with Crippen LogP contribution in [0.25, 0.3) is 0 Å². The van der Waals surface area contributed by atoms with Crippen LogP contribution in [-0.4, -0.2) is 34.3 Å². The van der Waals surface area contributed by atoms with Gasteiger partial charge in [0, 0.05) is 44.5 Å². The third-order valence-electron chi connectivity index (χ3n) is 3.74. The molecule has 0 saturated carbocycles. The van der Waals surface area contributed by atoms with Crippen LogP contribution in [0.4, 0.5) is 0 Å². The highest BCUT2D eigenvalue weighted by atomic mass is 35.5. The van der Waals surface area contributed by atoms with Gasteiger partial charge in [0.25, 0.3) is 0 Å². The van der Waals surface area contributed by atoms with Crippen LogP contribution in [0.3, 0.4) is 0 Å². The van der Waals surface area contributed by atoms with Crippen LogP contribution in [0.1, 0.15) is 16.8 Å². The monoisotopic (exact) mass is 308 g/mol. The first-order valence-corrected chi connectivity index (χ1v) is 7.14. The van der Waals surface area contributed by atoms with E-state index in [9.17, 15) is 0 Å². The molecule has 1 aromatic carbocycles. The van der Waals surface area contributed by atoms with Crippen molar-refractivity contribution in [3.63, 3.8) is 0 Å². The molecule has 0 amide bonds. The molecule has 0 spiro atoms. The zero-order valence-electron chi connectivity index (χ0n) is 12.8. The van der Waals surface area contributed by atoms with E-state index in [1.165, 1.54) is 16.8 Å². The van der Waals surface area contributed by atoms with Gasteiger partial charge in [-0.25, -0.2) is 0 Å². The number of aryl methyl sites for hydroxylation is 1. The van der Waals surface area contributed by atoms with E-state index >= 15 is 0 Å². The van der Waals surface area contributed by atoms with E-state index in [1.807, 2.05) is 17.9 Å². The molecule has 1 aromatic heterocycles. The molecule has 1 heterocycles. The summed E-state index contributed by atoms with van der Waals surface area (Å²) in [7, 11) is 1.98. The van der Waals surface area contributed by atoms with E-state index in [0.717, 1.165) is 26.1 Å². The summed E-state index contributed by atoms with van der Waals surface area (Å²) in [5.41, 5.74) is 9.62. The highest BCUT2D eigenvalue weighted by Crippen LogP contribution is 2.10. The molecule has 2 aromatic rings. The van der Waals surface area contributed by atoms with Gasteiger partial charge in [-0.3, -0.25) is 9.58 Å². The van der Waals surface area contributed by atoms with E-state index in [4.69, 9.17) is 5.73 Å². The van der Waals surface area contributed by atoms with Crippen molar-refractivity contribution in [1.29, 1.82) is 0 Å². The van der Waals surface area contributed by atoms with E-state index in [2.05, 4.69) is 47.3 Å². The van der Waals surface area contributed by atoms with Gasteiger partial charge in [-0.05, 0) is 18.9 Å². The highest BCUT2D eigenvalue weighted by molar-refractivity contribution is 5.85. The molecule has 2 rings (SSSR count). The SMILES string of the molecule is Cc1c(CN(CCN)CCc2ccccc2)cnn1C.Cl. The third kappa shape index (κ3) is 5.16. The van der Waals surface area contributed by atoms with E-state index in [1.54, 1.807) is 0 Å². The molecule has 0 aliphatic carbocycles. The summed E-state index contributed by atoms with van der Waals surface area (Å²) >= 11 is 0. The van der Waals surface area contributed by atoms with Crippen molar-refractivity contribution in [2.24, 2.45) is 12.8 Å². The summed E-state index contributed by atoms with van der Waals surface area (Å²) in [5, 5.41) is 4.31. The van der Waals surface area contributed by atoms with Gasteiger partial charge < -0.3 is 5.73 Å². The van der Waals surface area contributed by atoms with Crippen molar-refractivity contribution in [2.75, 3.05) is 19.6 Å². The van der Waals surface area contributed by atoms with Gasteiger partial charge in [0.2, 0.25) is 0 Å². The van der Waals surface area contributed by atoms with Crippen LogP contribution in [0.2, 0.25) is 0 Å². The summed E-state index contributed by atoms with van der Waals surface area (Å²) in [6.45, 7) is 5.66. The molecular weight excluding hydrogens is 284 g/mol. The van der Waals surface area contributed by atoms with Gasteiger partial charge in [-0.2, -0.15) is 5.10 Å². The van der Waals surface area contributed by atoms with Gasteiger partial charge in [0.1, 0.15) is 0 Å². The maximum Gasteiger partial charge on any atom is 0.0537 e. The summed E-state index contributed by atoms with van der Waals surface area (Å²) < 4.78 is 1.92. The van der Waals surface area contributed by atoms with E-state index in [0.29, 0.717) is 6.54 Å². The molecule has 0 atom stereocenters. The number of nitrogens with two attached hydrogens (primary N) is 1. The van der Waals surface area contributed by atoms with Crippen LogP contribution in [0, 0.1) is 6.92 Å². The summed E-state index contributed by atoms with van der Waals surface area (Å²) in [5.74, 6) is 0. The molecule has 21 heavy (non-hydrogen) atoms. The fourth-order valence-corrected chi connectivity index (χ4v) is 2.32. The quantitative estimate of drug-likeness (QED) is 0.852. The zero-order chi connectivity index (χ0) is 14.4. The average Bonchev–Trinajstić information content (AvgIpc) is 2.78. The predicted octanol–water partition coefficient (Wildman–Crippen LogP) is 2.15. The molecule has 5 heteroatoms. The first kappa shape index (κ1) is 17.7. The molecule has 0 aliphatic heterocycles. The minimum absolute atomic E-state index is 0. The topological polar surface area (TPSA) is 47.1 Å². The fourth-order valence-electron chi connectivity index (χ4n) is 2.32. The first-order chi connectivity index (χ1) is 9.70. The maximum atomic E-state index is 5.73. The van der Waals surface area contributed by atoms with Crippen LogP contribution in [-0.2, 0) is 20.0 Å². The van der Waals surface area contributed by atoms with Gasteiger partial charge >= 0.3 is 0 Å². The third-order valence-corrected chi connectivity index (χ3v) is 3.74. The largest absolute Gasteiger partial charge is 0.329 e. The van der Waals surface area contributed by atoms with Crippen LogP contribution < -0.4 is 5.73 Å². The Morgan fingerprint density at radius 2 is 1.90 bits per heavy atom. The predicted molar refractivity (Wildman–Crippen MR) is 89.7 cm³/mol. The number of halogens is 1. The Labute approximate surface area is 133 Å². The van der Waals surface area contributed by atoms with Crippen molar-refractivity contribution in [2.45, 2.75) is 19.9 Å². The number of benzene rings is 1. The van der Waals surface area contributed by atoms with Crippen molar-refractivity contribution in [1.82, 2.24) is 14.7 Å². The Hall–Kier alpha value is -1.36. The van der Waals surface area contributed by atoms with Crippen molar-refractivity contribution >= 4 is 12.4 Å². The van der Waals surface area contributed by atoms with Crippen LogP contribution >= 0.6 is 12.4 Å². The van der Waals surface area contributed by atoms with Crippen LogP contribution in [0.15, 0.2) is 36.5 Å². The molecule has 0 unspecified atom stereocenters. The number of hydrogen-bond acceptors (Lipinski definition) is 3. The lowest BCUT2D eigenvalue weighted by atomic mass is 10.1. The normalized spacial score (nSPS) is 10.7. The number of aromatic nitrogens is 2. The molecule has 0 fully saturated rings. The Morgan fingerprint density at radius 3 is 2.48 bits per heavy atom. The second-order valence-corrected chi connectivity index (χ2v) is 5.18. The molecule has 116 valence electrons. The molecule has 0 radical (unpaired) electrons. The van der Waals surface area contributed by atoms with E-state index < -0.39 is 0 Å². The molecule has 0 aliphatic rings. The standard InChI is InChI=1S/C16H24N4.ClH/c1-14-16(12-18-19(14)2)13-20(11-9-17)10-8-15-6-4-3-5-7-15;/h3-7,12H,8-11,13,17H2,1-2H3;1H. The summed E-state index contributed by atoms with van der Waals surface area (Å²) in [4.78, 5) is 2.40. The van der Waals surface area contributed by atoms with Crippen LogP contribution in [0.5, 0.6) is 0 Å². The molecule has 0 bridgehead atoms. The second kappa shape index (κ2) is 8.82. The maximum absolute atomic E-state index is 5.73. The lowest BCUT2D eigenvalue weighted by Gasteiger charge is -2.21. The number of nitrogens with zero attached hydrogens (tertiary/aromatic N) is 3. The van der Waals surface area contributed by atoms with Crippen molar-refractivity contribution in [3.05, 3.63) is 53.3 Å². The van der Waals surface area contributed by atoms with Gasteiger partial charge in [-0.15, -0.1) is 12.4 Å². The molecule has 2 N–H and O–H groups in total. The van der Waals surface area contributed by atoms with Gasteiger partial charge in [0.15, 0.2) is 0 Å². The second-order valence-electron chi connectivity index (χ2n) is 5.18. The smallest absolute Gasteiger partial charge is 0.0537 e. The average molecular weight is 309 g/mol. The zero-order valence-corrected chi connectivity index (χ0v) is 13.6. The Balaban J connectivity index is 0.00000220. The van der Waals surface area contributed by atoms with Crippen molar-refractivity contribution < 1.29 is 0 Å². The number of rotatable bonds is 7. The molecular formula is C16H25ClN4. The Bertz CT molecular complexity index is 524. The van der Waals surface area contributed by atoms with E-state index in [-0.39, 0.29) is 12.4 Å². The highest BCUT2D eigenvalue weighted by Gasteiger charge is 2.10. The van der Waals surface area contributed by atoms with Crippen molar-refractivity contribution in [3.8, 4) is 0 Å². The minimum atomic E-state index is 0. The molecule has 4 nitrogen and oxygen atoms in total. The lowest BCUT2D eigenvalue weighted by Crippen LogP contribution is -2.31.